The Balaban J connectivity index is 0.892. The molecule has 2 aliphatic rings. The predicted octanol–water partition coefficient (Wildman–Crippen LogP) is 9.79. The maximum Gasteiger partial charge on any atom is 0.339 e. The third kappa shape index (κ3) is 6.50. The molecule has 3 heterocycles. The molecule has 0 bridgehead atoms. The molecule has 0 spiro atoms. The Hall–Kier alpha value is -6.35. The summed E-state index contributed by atoms with van der Waals surface area (Å²) in [5, 5.41) is 9.10. The third-order valence-corrected chi connectivity index (χ3v) is 10.6. The zero-order chi connectivity index (χ0) is 36.1. The summed E-state index contributed by atoms with van der Waals surface area (Å²) >= 11 is 0. The summed E-state index contributed by atoms with van der Waals surface area (Å²) in [4.78, 5) is 33.5. The molecule has 9 rings (SSSR count). The molecular formula is C44H39N5O4. The average molecular weight is 702 g/mol. The van der Waals surface area contributed by atoms with Crippen LogP contribution in [0.5, 0.6) is 0 Å². The van der Waals surface area contributed by atoms with Crippen LogP contribution in [0.2, 0.25) is 0 Å². The van der Waals surface area contributed by atoms with E-state index in [1.165, 1.54) is 38.3 Å². The predicted molar refractivity (Wildman–Crippen MR) is 208 cm³/mol. The first-order chi connectivity index (χ1) is 25.9. The highest BCUT2D eigenvalue weighted by atomic mass is 16.5. The molecule has 9 heteroatoms. The number of aromatic nitrogens is 3. The second-order valence-corrected chi connectivity index (χ2v) is 14.2. The van der Waals surface area contributed by atoms with E-state index in [1.807, 2.05) is 60.9 Å². The minimum atomic E-state index is -0.368. The van der Waals surface area contributed by atoms with E-state index < -0.39 is 0 Å². The van der Waals surface area contributed by atoms with Crippen molar-refractivity contribution in [3.05, 3.63) is 144 Å². The van der Waals surface area contributed by atoms with Crippen molar-refractivity contribution in [3.63, 3.8) is 0 Å². The smallest absolute Gasteiger partial charge is 0.339 e. The fraction of sp³-hybridized carbons (Fsp3) is 0.205. The highest BCUT2D eigenvalue weighted by Gasteiger charge is 2.39. The molecule has 0 aliphatic heterocycles. The van der Waals surface area contributed by atoms with E-state index in [-0.39, 0.29) is 11.9 Å². The number of nitrogens with zero attached hydrogens (tertiary/aromatic N) is 2. The van der Waals surface area contributed by atoms with E-state index in [4.69, 9.17) is 9.47 Å². The molecule has 3 N–H and O–H groups in total. The summed E-state index contributed by atoms with van der Waals surface area (Å²) in [6.07, 6.45) is 9.94. The average Bonchev–Trinajstić information content (AvgIpc) is 4.10. The van der Waals surface area contributed by atoms with Crippen LogP contribution in [0.15, 0.2) is 116 Å². The number of carbonyl (C=O) groups excluding carboxylic acids is 2. The van der Waals surface area contributed by atoms with Crippen molar-refractivity contribution >= 4 is 56.5 Å². The van der Waals surface area contributed by atoms with Crippen LogP contribution < -0.4 is 10.6 Å². The highest BCUT2D eigenvalue weighted by Crippen LogP contribution is 2.50. The number of hydrogen-bond acceptors (Lipinski definition) is 7. The van der Waals surface area contributed by atoms with Gasteiger partial charge in [-0.3, -0.25) is 4.98 Å². The van der Waals surface area contributed by atoms with Gasteiger partial charge in [0.2, 0.25) is 0 Å². The van der Waals surface area contributed by atoms with Gasteiger partial charge >= 0.3 is 11.9 Å². The third-order valence-electron chi connectivity index (χ3n) is 10.6. The maximum absolute atomic E-state index is 13.0. The van der Waals surface area contributed by atoms with Gasteiger partial charge in [-0.15, -0.1) is 0 Å². The number of fused-ring (bicyclic) bond motifs is 2. The van der Waals surface area contributed by atoms with Gasteiger partial charge in [0, 0.05) is 45.8 Å². The van der Waals surface area contributed by atoms with Gasteiger partial charge in [0.05, 0.1) is 54.1 Å². The Labute approximate surface area is 307 Å². The van der Waals surface area contributed by atoms with E-state index in [2.05, 4.69) is 73.7 Å². The van der Waals surface area contributed by atoms with Crippen LogP contribution in [0.4, 0.5) is 22.7 Å². The minimum absolute atomic E-state index is 0.338. The van der Waals surface area contributed by atoms with Crippen molar-refractivity contribution in [2.24, 2.45) is 5.92 Å². The van der Waals surface area contributed by atoms with Gasteiger partial charge in [-0.2, -0.15) is 0 Å². The molecule has 9 nitrogen and oxygen atoms in total. The molecule has 264 valence electrons. The van der Waals surface area contributed by atoms with Crippen molar-refractivity contribution in [1.29, 1.82) is 0 Å². The van der Waals surface area contributed by atoms with Crippen LogP contribution in [0, 0.1) is 5.92 Å². The van der Waals surface area contributed by atoms with Crippen molar-refractivity contribution in [2.45, 2.75) is 37.5 Å². The van der Waals surface area contributed by atoms with Crippen LogP contribution in [0.3, 0.4) is 0 Å². The summed E-state index contributed by atoms with van der Waals surface area (Å²) in [5.41, 5.74) is 11.0. The van der Waals surface area contributed by atoms with Crippen molar-refractivity contribution in [2.75, 3.05) is 24.9 Å². The van der Waals surface area contributed by atoms with Crippen LogP contribution in [-0.4, -0.2) is 40.7 Å². The highest BCUT2D eigenvalue weighted by molar-refractivity contribution is 5.98. The number of rotatable bonds is 11. The lowest BCUT2D eigenvalue weighted by Gasteiger charge is -2.13. The fourth-order valence-corrected chi connectivity index (χ4v) is 7.60. The Morgan fingerprint density at radius 2 is 1.49 bits per heavy atom. The van der Waals surface area contributed by atoms with Gasteiger partial charge in [-0.05, 0) is 139 Å². The molecule has 0 saturated heterocycles. The first-order valence-corrected chi connectivity index (χ1v) is 18.1. The maximum atomic E-state index is 13.0. The lowest BCUT2D eigenvalue weighted by atomic mass is 10.0. The van der Waals surface area contributed by atoms with Crippen LogP contribution >= 0.6 is 0 Å². The van der Waals surface area contributed by atoms with Gasteiger partial charge in [0.15, 0.2) is 0 Å². The molecule has 0 radical (unpaired) electrons. The first-order valence-electron chi connectivity index (χ1n) is 18.1. The van der Waals surface area contributed by atoms with E-state index >= 15 is 0 Å². The quantitative estimate of drug-likeness (QED) is 0.115. The standard InChI is InChI=1S/C44H39N5O4/c1-52-43(50)37-22-27(26-5-6-26)7-11-40(37)46-32-9-13-39-31(20-32)21-34(48-39)19-30-24-36(30)28-8-12-41(38(23-28)44(51)53-2)47-33-10-14-42-29(18-33)15-17-49(42)35-4-3-16-45-25-35/h3-4,7-18,20-23,25-26,30,36,46-48H,5-6,19,24H2,1-2H3. The van der Waals surface area contributed by atoms with Gasteiger partial charge in [0.25, 0.3) is 0 Å². The van der Waals surface area contributed by atoms with E-state index in [1.54, 1.807) is 6.20 Å². The zero-order valence-electron chi connectivity index (χ0n) is 29.6. The molecule has 0 amide bonds. The number of nitrogens with one attached hydrogen (secondary N) is 3. The first kappa shape index (κ1) is 32.6. The second-order valence-electron chi connectivity index (χ2n) is 14.2. The zero-order valence-corrected chi connectivity index (χ0v) is 29.6. The lowest BCUT2D eigenvalue weighted by molar-refractivity contribution is 0.0593. The Kier molecular flexibility index (Phi) is 8.18. The summed E-state index contributed by atoms with van der Waals surface area (Å²) in [6, 6.07) is 32.8. The van der Waals surface area contributed by atoms with Crippen LogP contribution in [0.1, 0.15) is 68.6 Å². The molecule has 2 fully saturated rings. The van der Waals surface area contributed by atoms with Crippen LogP contribution in [-0.2, 0) is 15.9 Å². The number of hydrogen-bond donors (Lipinski definition) is 3. The number of methoxy groups -OCH3 is 2. The van der Waals surface area contributed by atoms with Gasteiger partial charge in [0.1, 0.15) is 0 Å². The molecule has 3 aromatic heterocycles. The molecular weight excluding hydrogens is 663 g/mol. The minimum Gasteiger partial charge on any atom is -0.465 e. The van der Waals surface area contributed by atoms with Crippen molar-refractivity contribution < 1.29 is 19.1 Å². The van der Waals surface area contributed by atoms with Crippen molar-refractivity contribution in [1.82, 2.24) is 14.5 Å². The van der Waals surface area contributed by atoms with Gasteiger partial charge < -0.3 is 29.7 Å². The summed E-state index contributed by atoms with van der Waals surface area (Å²) < 4.78 is 12.4. The molecule has 4 aromatic carbocycles. The Bertz CT molecular complexity index is 2510. The number of anilines is 4. The van der Waals surface area contributed by atoms with Crippen molar-refractivity contribution in [3.8, 4) is 5.69 Å². The molecule has 2 saturated carbocycles. The van der Waals surface area contributed by atoms with E-state index in [0.29, 0.717) is 34.6 Å². The Morgan fingerprint density at radius 1 is 0.792 bits per heavy atom. The number of ether oxygens (including phenoxy) is 2. The number of esters is 2. The summed E-state index contributed by atoms with van der Waals surface area (Å²) in [6.45, 7) is 0. The molecule has 2 atom stereocenters. The topological polar surface area (TPSA) is 110 Å². The Morgan fingerprint density at radius 3 is 2.19 bits per heavy atom. The van der Waals surface area contributed by atoms with E-state index in [9.17, 15) is 9.59 Å². The fourth-order valence-electron chi connectivity index (χ4n) is 7.60. The molecule has 7 aromatic rings. The summed E-state index contributed by atoms with van der Waals surface area (Å²) in [5.74, 6) is 0.658. The largest absolute Gasteiger partial charge is 0.465 e. The molecule has 2 aliphatic carbocycles. The van der Waals surface area contributed by atoms with Crippen LogP contribution in [0.25, 0.3) is 27.5 Å². The summed E-state index contributed by atoms with van der Waals surface area (Å²) in [7, 11) is 2.84. The molecule has 53 heavy (non-hydrogen) atoms. The van der Waals surface area contributed by atoms with Gasteiger partial charge in [-0.1, -0.05) is 12.1 Å². The normalized spacial score (nSPS) is 16.4. The number of pyridine rings is 1. The molecule has 2 unspecified atom stereocenters. The number of benzene rings is 4. The second kappa shape index (κ2) is 13.3. The number of H-pyrrole nitrogens is 1. The van der Waals surface area contributed by atoms with Gasteiger partial charge in [-0.25, -0.2) is 9.59 Å². The number of carbonyl (C=O) groups is 2. The SMILES string of the molecule is COC(=O)c1cc(C2CC2)ccc1Nc1ccc2[nH]c(CC3CC3c3ccc(Nc4ccc5c(ccn5-c5cccnc5)c4)c(C(=O)OC)c3)cc2c1. The van der Waals surface area contributed by atoms with E-state index in [0.717, 1.165) is 63.0 Å². The number of aromatic amines is 1. The lowest BCUT2D eigenvalue weighted by Crippen LogP contribution is -2.07. The monoisotopic (exact) mass is 701 g/mol.